The average Bonchev–Trinajstić information content (AvgIpc) is 3.26. The molecule has 0 radical (unpaired) electrons. The Morgan fingerprint density at radius 3 is 2.67 bits per heavy atom. The van der Waals surface area contributed by atoms with E-state index in [1.807, 2.05) is 25.2 Å². The zero-order chi connectivity index (χ0) is 19.0. The van der Waals surface area contributed by atoms with E-state index in [9.17, 15) is 13.2 Å². The highest BCUT2D eigenvalue weighted by Gasteiger charge is 2.35. The minimum Gasteiger partial charge on any atom is -0.341 e. The summed E-state index contributed by atoms with van der Waals surface area (Å²) in [6, 6.07) is 6.07. The van der Waals surface area contributed by atoms with Crippen molar-refractivity contribution in [3.8, 4) is 0 Å². The van der Waals surface area contributed by atoms with Gasteiger partial charge in [0.15, 0.2) is 9.84 Å². The molecule has 2 fully saturated rings. The number of piperidine rings is 1. The number of sulfone groups is 1. The largest absolute Gasteiger partial charge is 0.341 e. The SMILES string of the molecule is CN(Cc1ccc2nsnc2c1)C(=O)C1CCN(C2CCS(=O)(=O)C2)CC1. The van der Waals surface area contributed by atoms with Gasteiger partial charge in [-0.05, 0) is 50.0 Å². The normalized spacial score (nSPS) is 23.7. The molecule has 1 aromatic heterocycles. The minimum atomic E-state index is -2.86. The van der Waals surface area contributed by atoms with Crippen molar-refractivity contribution in [3.05, 3.63) is 23.8 Å². The third-order valence-corrected chi connectivity index (χ3v) is 8.02. The van der Waals surface area contributed by atoms with Crippen LogP contribution in [0.25, 0.3) is 11.0 Å². The Bertz CT molecular complexity index is 935. The second-order valence-corrected chi connectivity index (χ2v) is 10.4. The lowest BCUT2D eigenvalue weighted by Crippen LogP contribution is -2.45. The summed E-state index contributed by atoms with van der Waals surface area (Å²) in [6.07, 6.45) is 2.33. The number of hydrogen-bond acceptors (Lipinski definition) is 7. The number of nitrogens with zero attached hydrogens (tertiary/aromatic N) is 4. The van der Waals surface area contributed by atoms with Gasteiger partial charge in [0.2, 0.25) is 5.91 Å². The molecule has 2 aliphatic rings. The highest BCUT2D eigenvalue weighted by Crippen LogP contribution is 2.26. The molecule has 4 rings (SSSR count). The Morgan fingerprint density at radius 1 is 1.22 bits per heavy atom. The number of hydrogen-bond donors (Lipinski definition) is 0. The van der Waals surface area contributed by atoms with Crippen LogP contribution >= 0.6 is 11.7 Å². The van der Waals surface area contributed by atoms with Gasteiger partial charge in [-0.2, -0.15) is 8.75 Å². The molecule has 7 nitrogen and oxygen atoms in total. The lowest BCUT2D eigenvalue weighted by Gasteiger charge is -2.36. The van der Waals surface area contributed by atoms with E-state index in [1.54, 1.807) is 4.90 Å². The molecule has 146 valence electrons. The van der Waals surface area contributed by atoms with Crippen LogP contribution in [0.4, 0.5) is 0 Å². The molecule has 0 N–H and O–H groups in total. The van der Waals surface area contributed by atoms with Crippen LogP contribution in [0.15, 0.2) is 18.2 Å². The van der Waals surface area contributed by atoms with E-state index in [1.165, 1.54) is 11.7 Å². The summed E-state index contributed by atoms with van der Waals surface area (Å²) < 4.78 is 31.8. The number of rotatable bonds is 4. The van der Waals surface area contributed by atoms with E-state index in [4.69, 9.17) is 0 Å². The molecular weight excluding hydrogens is 384 g/mol. The van der Waals surface area contributed by atoms with Crippen molar-refractivity contribution in [2.75, 3.05) is 31.6 Å². The van der Waals surface area contributed by atoms with Crippen molar-refractivity contribution in [1.29, 1.82) is 0 Å². The molecule has 9 heteroatoms. The van der Waals surface area contributed by atoms with Crippen molar-refractivity contribution in [2.45, 2.75) is 31.8 Å². The van der Waals surface area contributed by atoms with Gasteiger partial charge in [0.05, 0.1) is 23.2 Å². The maximum absolute atomic E-state index is 12.8. The summed E-state index contributed by atoms with van der Waals surface area (Å²) >= 11 is 1.20. The summed E-state index contributed by atoms with van der Waals surface area (Å²) in [5.74, 6) is 0.775. The van der Waals surface area contributed by atoms with Gasteiger partial charge in [0.1, 0.15) is 11.0 Å². The molecule has 1 atom stereocenters. The van der Waals surface area contributed by atoms with Crippen LogP contribution in [0.5, 0.6) is 0 Å². The van der Waals surface area contributed by atoms with E-state index < -0.39 is 9.84 Å². The molecule has 2 saturated heterocycles. The molecule has 1 amide bonds. The Balaban J connectivity index is 1.32. The fraction of sp³-hybridized carbons (Fsp3) is 0.611. The van der Waals surface area contributed by atoms with E-state index in [0.717, 1.165) is 48.9 Å². The Kier molecular flexibility index (Phi) is 5.17. The summed E-state index contributed by atoms with van der Waals surface area (Å²) in [5, 5.41) is 0. The quantitative estimate of drug-likeness (QED) is 0.763. The van der Waals surface area contributed by atoms with Crippen molar-refractivity contribution in [3.63, 3.8) is 0 Å². The molecule has 0 bridgehead atoms. The van der Waals surface area contributed by atoms with Crippen LogP contribution in [0, 0.1) is 5.92 Å². The lowest BCUT2D eigenvalue weighted by atomic mass is 9.94. The highest BCUT2D eigenvalue weighted by atomic mass is 32.2. The minimum absolute atomic E-state index is 0.0222. The second kappa shape index (κ2) is 7.44. The third-order valence-electron chi connectivity index (χ3n) is 5.72. The van der Waals surface area contributed by atoms with Crippen LogP contribution in [0.1, 0.15) is 24.8 Å². The van der Waals surface area contributed by atoms with Crippen LogP contribution < -0.4 is 0 Å². The summed E-state index contributed by atoms with van der Waals surface area (Å²) in [7, 11) is -1.01. The number of likely N-dealkylation sites (tertiary alicyclic amines) is 1. The number of carbonyl (C=O) groups is 1. The third kappa shape index (κ3) is 4.14. The number of amides is 1. The van der Waals surface area contributed by atoms with Crippen molar-refractivity contribution >= 4 is 38.5 Å². The summed E-state index contributed by atoms with van der Waals surface area (Å²) in [4.78, 5) is 16.9. The number of carbonyl (C=O) groups excluding carboxylic acids is 1. The van der Waals surface area contributed by atoms with Gasteiger partial charge in [-0.1, -0.05) is 6.07 Å². The number of benzene rings is 1. The Labute approximate surface area is 163 Å². The summed E-state index contributed by atoms with van der Waals surface area (Å²) in [5.41, 5.74) is 2.82. The molecule has 27 heavy (non-hydrogen) atoms. The second-order valence-electron chi connectivity index (χ2n) is 7.65. The monoisotopic (exact) mass is 408 g/mol. The maximum atomic E-state index is 12.8. The highest BCUT2D eigenvalue weighted by molar-refractivity contribution is 7.91. The van der Waals surface area contributed by atoms with E-state index in [-0.39, 0.29) is 23.6 Å². The number of aromatic nitrogens is 2. The first-order valence-electron chi connectivity index (χ1n) is 9.32. The first-order valence-corrected chi connectivity index (χ1v) is 11.9. The van der Waals surface area contributed by atoms with Crippen molar-refractivity contribution in [1.82, 2.24) is 18.5 Å². The topological polar surface area (TPSA) is 83.5 Å². The predicted octanol–water partition coefficient (Wildman–Crippen LogP) is 1.55. The van der Waals surface area contributed by atoms with E-state index in [0.29, 0.717) is 12.3 Å². The zero-order valence-electron chi connectivity index (χ0n) is 15.4. The van der Waals surface area contributed by atoms with E-state index >= 15 is 0 Å². The predicted molar refractivity (Wildman–Crippen MR) is 105 cm³/mol. The average molecular weight is 409 g/mol. The van der Waals surface area contributed by atoms with Gasteiger partial charge in [0, 0.05) is 25.6 Å². The Morgan fingerprint density at radius 2 is 1.96 bits per heavy atom. The molecule has 2 aliphatic heterocycles. The van der Waals surface area contributed by atoms with Gasteiger partial charge in [-0.3, -0.25) is 9.69 Å². The molecular formula is C18H24N4O3S2. The van der Waals surface area contributed by atoms with E-state index in [2.05, 4.69) is 13.6 Å². The standard InChI is InChI=1S/C18H24N4O3S2/c1-21(11-13-2-3-16-17(10-13)20-26-19-16)18(23)14-4-7-22(8-5-14)15-6-9-27(24,25)12-15/h2-3,10,14-15H,4-9,11-12H2,1H3. The van der Waals surface area contributed by atoms with Crippen molar-refractivity contribution < 1.29 is 13.2 Å². The van der Waals surface area contributed by atoms with Crippen LogP contribution in [0.2, 0.25) is 0 Å². The zero-order valence-corrected chi connectivity index (χ0v) is 17.0. The van der Waals surface area contributed by atoms with Gasteiger partial charge in [0.25, 0.3) is 0 Å². The molecule has 0 spiro atoms. The molecule has 0 aliphatic carbocycles. The first kappa shape index (κ1) is 18.8. The molecule has 0 saturated carbocycles. The summed E-state index contributed by atoms with van der Waals surface area (Å²) in [6.45, 7) is 2.18. The van der Waals surface area contributed by atoms with Crippen LogP contribution in [-0.4, -0.2) is 70.6 Å². The molecule has 3 heterocycles. The molecule has 1 aromatic carbocycles. The molecule has 2 aromatic rings. The number of fused-ring (bicyclic) bond motifs is 1. The lowest BCUT2D eigenvalue weighted by molar-refractivity contribution is -0.136. The van der Waals surface area contributed by atoms with Crippen LogP contribution in [0.3, 0.4) is 0 Å². The van der Waals surface area contributed by atoms with Gasteiger partial charge < -0.3 is 4.90 Å². The van der Waals surface area contributed by atoms with Crippen LogP contribution in [-0.2, 0) is 21.2 Å². The first-order chi connectivity index (χ1) is 12.9. The van der Waals surface area contributed by atoms with Gasteiger partial charge in [-0.15, -0.1) is 0 Å². The fourth-order valence-corrected chi connectivity index (χ4v) is 6.44. The molecule has 1 unspecified atom stereocenters. The maximum Gasteiger partial charge on any atom is 0.225 e. The smallest absolute Gasteiger partial charge is 0.225 e. The fourth-order valence-electron chi connectivity index (χ4n) is 4.16. The van der Waals surface area contributed by atoms with Gasteiger partial charge >= 0.3 is 0 Å². The van der Waals surface area contributed by atoms with Crippen molar-refractivity contribution in [2.24, 2.45) is 5.92 Å². The Hall–Kier alpha value is -1.58. The van der Waals surface area contributed by atoms with Gasteiger partial charge in [-0.25, -0.2) is 8.42 Å².